The third kappa shape index (κ3) is 3.92. The maximum atomic E-state index is 12.3. The van der Waals surface area contributed by atoms with Crippen LogP contribution in [0.5, 0.6) is 0 Å². The van der Waals surface area contributed by atoms with Gasteiger partial charge in [0.2, 0.25) is 5.91 Å². The summed E-state index contributed by atoms with van der Waals surface area (Å²) < 4.78 is 2.12. The average molecular weight is 407 g/mol. The van der Waals surface area contributed by atoms with E-state index in [0.29, 0.717) is 17.7 Å². The van der Waals surface area contributed by atoms with Gasteiger partial charge in [-0.05, 0) is 48.4 Å². The first-order valence-electron chi connectivity index (χ1n) is 10.2. The molecule has 1 aliphatic carbocycles. The summed E-state index contributed by atoms with van der Waals surface area (Å²) >= 11 is 6.11. The SMILES string of the molecule is O=C(C1CC1)N1CCC(Cn2cnnc2-c2ccc(-c3cccc(Cl)c3)cc2)C1. The Morgan fingerprint density at radius 2 is 1.83 bits per heavy atom. The highest BCUT2D eigenvalue weighted by atomic mass is 35.5. The van der Waals surface area contributed by atoms with E-state index in [0.717, 1.165) is 66.4 Å². The molecule has 1 aromatic heterocycles. The molecular formula is C23H23ClN4O. The number of amides is 1. The summed E-state index contributed by atoms with van der Waals surface area (Å²) in [5.41, 5.74) is 3.25. The van der Waals surface area contributed by atoms with E-state index >= 15 is 0 Å². The number of benzene rings is 2. The molecule has 0 N–H and O–H groups in total. The summed E-state index contributed by atoms with van der Waals surface area (Å²) in [6.07, 6.45) is 4.98. The lowest BCUT2D eigenvalue weighted by Gasteiger charge is -2.17. The van der Waals surface area contributed by atoms with Crippen LogP contribution in [0.15, 0.2) is 54.9 Å². The van der Waals surface area contributed by atoms with Crippen LogP contribution in [0.25, 0.3) is 22.5 Å². The molecule has 3 aromatic rings. The van der Waals surface area contributed by atoms with E-state index in [2.05, 4.69) is 45.1 Å². The maximum absolute atomic E-state index is 12.3. The van der Waals surface area contributed by atoms with Crippen LogP contribution in [0.2, 0.25) is 5.02 Å². The minimum Gasteiger partial charge on any atom is -0.342 e. The fourth-order valence-corrected chi connectivity index (χ4v) is 4.33. The third-order valence-corrected chi connectivity index (χ3v) is 6.13. The fraction of sp³-hybridized carbons (Fsp3) is 0.348. The zero-order valence-electron chi connectivity index (χ0n) is 16.2. The first kappa shape index (κ1) is 18.4. The van der Waals surface area contributed by atoms with Crippen LogP contribution in [0.1, 0.15) is 19.3 Å². The van der Waals surface area contributed by atoms with Crippen molar-refractivity contribution in [2.45, 2.75) is 25.8 Å². The molecule has 1 saturated heterocycles. The summed E-state index contributed by atoms with van der Waals surface area (Å²) in [5, 5.41) is 9.22. The van der Waals surface area contributed by atoms with E-state index in [9.17, 15) is 4.79 Å². The zero-order chi connectivity index (χ0) is 19.8. The van der Waals surface area contributed by atoms with Crippen molar-refractivity contribution in [1.82, 2.24) is 19.7 Å². The molecule has 2 fully saturated rings. The van der Waals surface area contributed by atoms with Crippen LogP contribution in [0.4, 0.5) is 0 Å². The molecule has 1 aliphatic heterocycles. The molecule has 148 valence electrons. The van der Waals surface area contributed by atoms with E-state index in [1.807, 2.05) is 23.1 Å². The van der Waals surface area contributed by atoms with Gasteiger partial charge in [-0.25, -0.2) is 0 Å². The monoisotopic (exact) mass is 406 g/mol. The lowest BCUT2D eigenvalue weighted by Crippen LogP contribution is -2.30. The lowest BCUT2D eigenvalue weighted by molar-refractivity contribution is -0.131. The second-order valence-electron chi connectivity index (χ2n) is 8.11. The van der Waals surface area contributed by atoms with E-state index in [4.69, 9.17) is 11.6 Å². The summed E-state index contributed by atoms with van der Waals surface area (Å²) in [7, 11) is 0. The number of likely N-dealkylation sites (tertiary alicyclic amines) is 1. The molecule has 0 bridgehead atoms. The van der Waals surface area contributed by atoms with Gasteiger partial charge >= 0.3 is 0 Å². The Morgan fingerprint density at radius 1 is 1.03 bits per heavy atom. The van der Waals surface area contributed by atoms with Gasteiger partial charge in [0.05, 0.1) is 0 Å². The minimum absolute atomic E-state index is 0.303. The molecule has 6 heteroatoms. The Kier molecular flexibility index (Phi) is 4.84. The van der Waals surface area contributed by atoms with E-state index < -0.39 is 0 Å². The molecule has 2 heterocycles. The van der Waals surface area contributed by atoms with Crippen LogP contribution >= 0.6 is 11.6 Å². The Morgan fingerprint density at radius 3 is 2.59 bits per heavy atom. The summed E-state index contributed by atoms with van der Waals surface area (Å²) in [4.78, 5) is 14.3. The molecule has 2 aliphatic rings. The Hall–Kier alpha value is -2.66. The van der Waals surface area contributed by atoms with Crippen molar-refractivity contribution in [2.24, 2.45) is 11.8 Å². The highest BCUT2D eigenvalue weighted by molar-refractivity contribution is 6.30. The van der Waals surface area contributed by atoms with Gasteiger partial charge in [-0.2, -0.15) is 0 Å². The van der Waals surface area contributed by atoms with Crippen LogP contribution in [0.3, 0.4) is 0 Å². The number of aromatic nitrogens is 3. The first-order valence-corrected chi connectivity index (χ1v) is 10.6. The molecule has 1 amide bonds. The number of hydrogen-bond donors (Lipinski definition) is 0. The maximum Gasteiger partial charge on any atom is 0.225 e. The second-order valence-corrected chi connectivity index (χ2v) is 8.54. The summed E-state index contributed by atoms with van der Waals surface area (Å²) in [6, 6.07) is 16.2. The number of hydrogen-bond acceptors (Lipinski definition) is 3. The molecule has 1 atom stereocenters. The number of carbonyl (C=O) groups is 1. The second kappa shape index (κ2) is 7.64. The Bertz CT molecular complexity index is 1030. The number of nitrogens with zero attached hydrogens (tertiary/aromatic N) is 4. The van der Waals surface area contributed by atoms with Gasteiger partial charge in [-0.1, -0.05) is 48.0 Å². The van der Waals surface area contributed by atoms with Crippen molar-refractivity contribution in [3.8, 4) is 22.5 Å². The van der Waals surface area contributed by atoms with Gasteiger partial charge in [0.1, 0.15) is 6.33 Å². The minimum atomic E-state index is 0.303. The summed E-state index contributed by atoms with van der Waals surface area (Å²) in [5.74, 6) is 1.98. The quantitative estimate of drug-likeness (QED) is 0.625. The average Bonchev–Trinajstić information content (AvgIpc) is 3.32. The normalized spacial score (nSPS) is 18.9. The van der Waals surface area contributed by atoms with Crippen molar-refractivity contribution in [1.29, 1.82) is 0 Å². The van der Waals surface area contributed by atoms with E-state index in [1.165, 1.54) is 0 Å². The summed E-state index contributed by atoms with van der Waals surface area (Å²) in [6.45, 7) is 2.57. The molecule has 1 unspecified atom stereocenters. The highest BCUT2D eigenvalue weighted by Crippen LogP contribution is 2.33. The van der Waals surface area contributed by atoms with Crippen molar-refractivity contribution < 1.29 is 4.79 Å². The van der Waals surface area contributed by atoms with Gasteiger partial charge < -0.3 is 9.47 Å². The number of rotatable bonds is 5. The highest BCUT2D eigenvalue weighted by Gasteiger charge is 2.36. The topological polar surface area (TPSA) is 51.0 Å². The van der Waals surface area contributed by atoms with E-state index in [1.54, 1.807) is 6.33 Å². The van der Waals surface area contributed by atoms with Gasteiger partial charge in [0.25, 0.3) is 0 Å². The molecule has 5 rings (SSSR count). The molecule has 0 spiro atoms. The van der Waals surface area contributed by atoms with Crippen molar-refractivity contribution in [3.63, 3.8) is 0 Å². The largest absolute Gasteiger partial charge is 0.342 e. The first-order chi connectivity index (χ1) is 14.2. The molecular weight excluding hydrogens is 384 g/mol. The van der Waals surface area contributed by atoms with Gasteiger partial charge in [0, 0.05) is 36.1 Å². The smallest absolute Gasteiger partial charge is 0.225 e. The van der Waals surface area contributed by atoms with Gasteiger partial charge in [0.15, 0.2) is 5.82 Å². The van der Waals surface area contributed by atoms with Gasteiger partial charge in [-0.3, -0.25) is 4.79 Å². The standard InChI is InChI=1S/C23H23ClN4O/c24-21-3-1-2-20(12-21)17-4-6-18(7-5-17)22-26-25-15-28(22)14-16-10-11-27(13-16)23(29)19-8-9-19/h1-7,12,15-16,19H,8-11,13-14H2. The number of halogens is 1. The van der Waals surface area contributed by atoms with Gasteiger partial charge in [-0.15, -0.1) is 10.2 Å². The Labute approximate surface area is 175 Å². The van der Waals surface area contributed by atoms with E-state index in [-0.39, 0.29) is 0 Å². The van der Waals surface area contributed by atoms with Crippen molar-refractivity contribution in [3.05, 3.63) is 59.9 Å². The molecule has 0 radical (unpaired) electrons. The number of carbonyl (C=O) groups excluding carboxylic acids is 1. The Balaban J connectivity index is 1.29. The molecule has 29 heavy (non-hydrogen) atoms. The zero-order valence-corrected chi connectivity index (χ0v) is 16.9. The van der Waals surface area contributed by atoms with Crippen molar-refractivity contribution >= 4 is 17.5 Å². The van der Waals surface area contributed by atoms with Crippen molar-refractivity contribution in [2.75, 3.05) is 13.1 Å². The van der Waals surface area contributed by atoms with Crippen LogP contribution in [-0.4, -0.2) is 38.7 Å². The van der Waals surface area contributed by atoms with Crippen LogP contribution < -0.4 is 0 Å². The molecule has 5 nitrogen and oxygen atoms in total. The predicted octanol–water partition coefficient (Wildman–Crippen LogP) is 4.52. The predicted molar refractivity (Wildman–Crippen MR) is 113 cm³/mol. The van der Waals surface area contributed by atoms with Crippen LogP contribution in [-0.2, 0) is 11.3 Å². The van der Waals surface area contributed by atoms with Crippen LogP contribution in [0, 0.1) is 11.8 Å². The lowest BCUT2D eigenvalue weighted by atomic mass is 10.0. The fourth-order valence-electron chi connectivity index (χ4n) is 4.14. The molecule has 1 saturated carbocycles. The third-order valence-electron chi connectivity index (χ3n) is 5.90. The molecule has 2 aromatic carbocycles.